The molecule has 0 amide bonds. The zero-order chi connectivity index (χ0) is 59.2. The van der Waals surface area contributed by atoms with Gasteiger partial charge in [-0.15, -0.1) is 0 Å². The van der Waals surface area contributed by atoms with Crippen molar-refractivity contribution in [1.82, 2.24) is 0 Å². The molecule has 0 heterocycles. The predicted molar refractivity (Wildman–Crippen MR) is 357 cm³/mol. The molecule has 82 heavy (non-hydrogen) atoms. The molecule has 6 nitrogen and oxygen atoms in total. The number of hydrogen-bond donors (Lipinski definition) is 0. The van der Waals surface area contributed by atoms with Gasteiger partial charge < -0.3 is 14.2 Å². The second kappa shape index (κ2) is 69.6. The molecule has 0 spiro atoms. The summed E-state index contributed by atoms with van der Waals surface area (Å²) in [5.74, 6) is -0.883. The van der Waals surface area contributed by atoms with Crippen LogP contribution in [0.15, 0.2) is 109 Å². The monoisotopic (exact) mass is 1140 g/mol. The van der Waals surface area contributed by atoms with Gasteiger partial charge in [0.05, 0.1) is 0 Å². The quantitative estimate of drug-likeness (QED) is 0.0261. The first-order chi connectivity index (χ1) is 40.5. The molecule has 0 aliphatic heterocycles. The van der Waals surface area contributed by atoms with E-state index in [9.17, 15) is 14.4 Å². The first-order valence-corrected chi connectivity index (χ1v) is 34.9. The van der Waals surface area contributed by atoms with Crippen LogP contribution in [0, 0.1) is 0 Å². The van der Waals surface area contributed by atoms with Crippen molar-refractivity contribution in [2.75, 3.05) is 13.2 Å². The van der Waals surface area contributed by atoms with Crippen molar-refractivity contribution >= 4 is 17.9 Å². The summed E-state index contributed by atoms with van der Waals surface area (Å²) in [6.45, 7) is 6.44. The number of rotatable bonds is 63. The van der Waals surface area contributed by atoms with E-state index in [-0.39, 0.29) is 31.1 Å². The Kier molecular flexibility index (Phi) is 66.2. The molecule has 1 atom stereocenters. The lowest BCUT2D eigenvalue weighted by Gasteiger charge is -2.18. The first-order valence-electron chi connectivity index (χ1n) is 34.9. The summed E-state index contributed by atoms with van der Waals surface area (Å²) in [6, 6.07) is 0. The number of allylic oxidation sites excluding steroid dienone is 18. The molecule has 0 N–H and O–H groups in total. The second-order valence-electron chi connectivity index (χ2n) is 23.0. The maximum atomic E-state index is 13.0. The average molecular weight is 1140 g/mol. The van der Waals surface area contributed by atoms with Crippen LogP contribution in [0.4, 0.5) is 0 Å². The molecule has 0 aromatic carbocycles. The Morgan fingerprint density at radius 2 is 0.476 bits per heavy atom. The zero-order valence-corrected chi connectivity index (χ0v) is 54.0. The fraction of sp³-hybridized carbons (Fsp3) is 0.724. The van der Waals surface area contributed by atoms with E-state index in [1.807, 2.05) is 0 Å². The third kappa shape index (κ3) is 66.9. The van der Waals surface area contributed by atoms with Crippen LogP contribution in [-0.4, -0.2) is 37.2 Å². The van der Waals surface area contributed by atoms with Crippen LogP contribution in [0.25, 0.3) is 0 Å². The Labute approximate surface area is 508 Å². The van der Waals surface area contributed by atoms with Crippen LogP contribution in [0.3, 0.4) is 0 Å². The highest BCUT2D eigenvalue weighted by molar-refractivity contribution is 5.71. The minimum absolute atomic E-state index is 0.0823. The van der Waals surface area contributed by atoms with Crippen molar-refractivity contribution < 1.29 is 28.6 Å². The van der Waals surface area contributed by atoms with Gasteiger partial charge >= 0.3 is 17.9 Å². The van der Waals surface area contributed by atoms with Gasteiger partial charge in [0.1, 0.15) is 13.2 Å². The minimum atomic E-state index is -0.788. The summed E-state index contributed by atoms with van der Waals surface area (Å²) < 4.78 is 17.0. The third-order valence-electron chi connectivity index (χ3n) is 15.0. The lowest BCUT2D eigenvalue weighted by atomic mass is 10.0. The summed E-state index contributed by atoms with van der Waals surface area (Å²) in [4.78, 5) is 38.5. The molecule has 1 unspecified atom stereocenters. The van der Waals surface area contributed by atoms with Gasteiger partial charge in [0, 0.05) is 19.3 Å². The lowest BCUT2D eigenvalue weighted by Crippen LogP contribution is -2.30. The molecule has 0 rings (SSSR count). The van der Waals surface area contributed by atoms with Crippen molar-refractivity contribution in [2.24, 2.45) is 0 Å². The van der Waals surface area contributed by atoms with Gasteiger partial charge in [0.25, 0.3) is 0 Å². The molecule has 0 aromatic rings. The van der Waals surface area contributed by atoms with Crippen LogP contribution < -0.4 is 0 Å². The number of ether oxygens (including phenoxy) is 3. The highest BCUT2D eigenvalue weighted by Crippen LogP contribution is 2.17. The van der Waals surface area contributed by atoms with Crippen LogP contribution in [0.5, 0.6) is 0 Å². The van der Waals surface area contributed by atoms with Crippen LogP contribution in [0.2, 0.25) is 0 Å². The van der Waals surface area contributed by atoms with Gasteiger partial charge in [-0.3, -0.25) is 14.4 Å². The summed E-state index contributed by atoms with van der Waals surface area (Å²) >= 11 is 0. The van der Waals surface area contributed by atoms with Gasteiger partial charge in [-0.2, -0.15) is 0 Å². The Morgan fingerprint density at radius 1 is 0.256 bits per heavy atom. The van der Waals surface area contributed by atoms with E-state index < -0.39 is 6.10 Å². The number of hydrogen-bond acceptors (Lipinski definition) is 6. The molecule has 0 saturated carbocycles. The van der Waals surface area contributed by atoms with Crippen molar-refractivity contribution in [1.29, 1.82) is 0 Å². The summed E-state index contributed by atoms with van der Waals surface area (Å²) in [7, 11) is 0. The van der Waals surface area contributed by atoms with Crippen LogP contribution in [-0.2, 0) is 28.6 Å². The van der Waals surface area contributed by atoms with Gasteiger partial charge in [-0.05, 0) is 122 Å². The van der Waals surface area contributed by atoms with Crippen LogP contribution in [0.1, 0.15) is 335 Å². The average Bonchev–Trinajstić information content (AvgIpc) is 3.47. The van der Waals surface area contributed by atoms with Crippen molar-refractivity contribution in [2.45, 2.75) is 341 Å². The molecule has 0 bridgehead atoms. The molecular formula is C76H130O6. The Hall–Kier alpha value is -3.93. The van der Waals surface area contributed by atoms with E-state index >= 15 is 0 Å². The standard InChI is InChI=1S/C76H130O6/c1-4-7-10-13-16-19-22-25-28-31-33-35-37-38-40-41-43-45-48-51-54-57-60-63-66-69-75(78)81-72-73(71-80-74(77)68-65-62-59-56-53-50-47-30-27-24-21-18-15-12-9-6-3)82-76(79)70-67-64-61-58-55-52-49-46-44-42-39-36-34-32-29-26-23-20-17-14-11-8-5-2/h7-8,10-11,16-17,19-20,25-26,28-30,33-36,47,73H,4-6,9,12-15,18,21-24,27,31-32,37-46,48-72H2,1-3H3/b10-7-,11-8-,19-16-,20-17-,28-25-,29-26-,35-33-,36-34-,47-30-. The fourth-order valence-electron chi connectivity index (χ4n) is 9.83. The smallest absolute Gasteiger partial charge is 0.306 e. The van der Waals surface area contributed by atoms with Gasteiger partial charge in [0.2, 0.25) is 0 Å². The van der Waals surface area contributed by atoms with E-state index in [0.29, 0.717) is 19.3 Å². The molecule has 0 radical (unpaired) electrons. The number of carbonyl (C=O) groups is 3. The summed E-state index contributed by atoms with van der Waals surface area (Å²) in [5, 5.41) is 0. The Balaban J connectivity index is 4.36. The van der Waals surface area contributed by atoms with Crippen molar-refractivity contribution in [3.8, 4) is 0 Å². The van der Waals surface area contributed by atoms with E-state index in [4.69, 9.17) is 14.2 Å². The van der Waals surface area contributed by atoms with Crippen molar-refractivity contribution in [3.63, 3.8) is 0 Å². The molecule has 0 aliphatic carbocycles. The van der Waals surface area contributed by atoms with E-state index in [0.717, 1.165) is 116 Å². The minimum Gasteiger partial charge on any atom is -0.462 e. The third-order valence-corrected chi connectivity index (χ3v) is 15.0. The summed E-state index contributed by atoms with van der Waals surface area (Å²) in [6.07, 6.45) is 95.3. The van der Waals surface area contributed by atoms with E-state index in [2.05, 4.69) is 130 Å². The number of esters is 3. The molecule has 6 heteroatoms. The lowest BCUT2D eigenvalue weighted by molar-refractivity contribution is -0.167. The van der Waals surface area contributed by atoms with Gasteiger partial charge in [-0.1, -0.05) is 304 Å². The molecule has 0 fully saturated rings. The fourth-order valence-corrected chi connectivity index (χ4v) is 9.83. The highest BCUT2D eigenvalue weighted by atomic mass is 16.6. The van der Waals surface area contributed by atoms with Crippen LogP contribution >= 0.6 is 0 Å². The molecule has 0 aliphatic rings. The maximum absolute atomic E-state index is 13.0. The highest BCUT2D eigenvalue weighted by Gasteiger charge is 2.19. The molecule has 0 saturated heterocycles. The molecule has 470 valence electrons. The zero-order valence-electron chi connectivity index (χ0n) is 54.0. The largest absolute Gasteiger partial charge is 0.462 e. The van der Waals surface area contributed by atoms with Gasteiger partial charge in [-0.25, -0.2) is 0 Å². The SMILES string of the molecule is CC/C=C\C/C=C\C/C=C\C/C=C\CCCCCCCCCCCCCCC(=O)OCC(COC(=O)CCCCCCC/C=C\CCCCCCCCC)OC(=O)CCCCCCCCCCCC/C=C\C/C=C\C/C=C\C/C=C\CC. The maximum Gasteiger partial charge on any atom is 0.306 e. The van der Waals surface area contributed by atoms with Crippen molar-refractivity contribution in [3.05, 3.63) is 109 Å². The molecule has 0 aromatic heterocycles. The van der Waals surface area contributed by atoms with Gasteiger partial charge in [0.15, 0.2) is 6.10 Å². The molecular weight excluding hydrogens is 1010 g/mol. The number of carbonyl (C=O) groups excluding carboxylic acids is 3. The first kappa shape index (κ1) is 78.1. The Morgan fingerprint density at radius 3 is 0.756 bits per heavy atom. The van der Waals surface area contributed by atoms with E-state index in [1.54, 1.807) is 0 Å². The summed E-state index contributed by atoms with van der Waals surface area (Å²) in [5.41, 5.74) is 0. The predicted octanol–water partition coefficient (Wildman–Crippen LogP) is 24.2. The van der Waals surface area contributed by atoms with E-state index in [1.165, 1.54) is 180 Å². The normalized spacial score (nSPS) is 12.8. The topological polar surface area (TPSA) is 78.9 Å². The second-order valence-corrected chi connectivity index (χ2v) is 23.0. The Bertz CT molecular complexity index is 1640. The number of unbranched alkanes of at least 4 members (excludes halogenated alkanes) is 34.